The van der Waals surface area contributed by atoms with E-state index in [9.17, 15) is 0 Å². The average Bonchev–Trinajstić information content (AvgIpc) is 2.71. The van der Waals surface area contributed by atoms with Crippen molar-refractivity contribution in [2.45, 2.75) is 5.92 Å². The maximum absolute atomic E-state index is 4.52. The van der Waals surface area contributed by atoms with Crippen molar-refractivity contribution in [1.29, 1.82) is 0 Å². The van der Waals surface area contributed by atoms with Crippen LogP contribution in [0, 0.1) is 0 Å². The van der Waals surface area contributed by atoms with Gasteiger partial charge in [0.1, 0.15) is 0 Å². The molecule has 2 heterocycles. The van der Waals surface area contributed by atoms with Crippen LogP contribution < -0.4 is 0 Å². The normalized spacial score (nSPS) is 10.8. The monoisotopic (exact) mass is 322 g/mol. The van der Waals surface area contributed by atoms with Gasteiger partial charge in [-0.3, -0.25) is 9.97 Å². The molecule has 25 heavy (non-hydrogen) atoms. The first kappa shape index (κ1) is 15.3. The third-order valence-corrected chi connectivity index (χ3v) is 4.31. The molecule has 0 aliphatic rings. The van der Waals surface area contributed by atoms with Gasteiger partial charge >= 0.3 is 0 Å². The van der Waals surface area contributed by atoms with Crippen LogP contribution in [0.1, 0.15) is 22.6 Å². The van der Waals surface area contributed by atoms with E-state index in [1.54, 1.807) is 6.20 Å². The first-order valence-corrected chi connectivity index (χ1v) is 8.39. The minimum atomic E-state index is 0.174. The molecule has 0 atom stereocenters. The Balaban J connectivity index is 1.83. The fraction of sp³-hybridized carbons (Fsp3) is 0.0435. The van der Waals surface area contributed by atoms with Gasteiger partial charge in [0.2, 0.25) is 0 Å². The molecular formula is C23H18N2. The minimum Gasteiger partial charge on any atom is -0.255 e. The molecular weight excluding hydrogens is 304 g/mol. The summed E-state index contributed by atoms with van der Waals surface area (Å²) in [5.41, 5.74) is 5.55. The van der Waals surface area contributed by atoms with Gasteiger partial charge in [0, 0.05) is 18.3 Å². The highest BCUT2D eigenvalue weighted by Crippen LogP contribution is 2.32. The largest absolute Gasteiger partial charge is 0.255 e. The van der Waals surface area contributed by atoms with Crippen molar-refractivity contribution >= 4 is 0 Å². The van der Waals surface area contributed by atoms with Gasteiger partial charge in [-0.15, -0.1) is 0 Å². The first-order chi connectivity index (χ1) is 12.4. The third-order valence-electron chi connectivity index (χ3n) is 4.31. The Bertz CT molecular complexity index is 896. The second-order valence-corrected chi connectivity index (χ2v) is 5.94. The molecule has 4 rings (SSSR count). The van der Waals surface area contributed by atoms with Gasteiger partial charge in [-0.1, -0.05) is 66.7 Å². The van der Waals surface area contributed by atoms with Gasteiger partial charge in [-0.05, 0) is 41.0 Å². The molecule has 120 valence electrons. The van der Waals surface area contributed by atoms with Gasteiger partial charge < -0.3 is 0 Å². The molecule has 0 aliphatic heterocycles. The lowest BCUT2D eigenvalue weighted by Gasteiger charge is -2.19. The number of benzene rings is 2. The molecule has 0 saturated heterocycles. The second-order valence-electron chi connectivity index (χ2n) is 5.94. The summed E-state index contributed by atoms with van der Waals surface area (Å²) in [5.74, 6) is 0.174. The summed E-state index contributed by atoms with van der Waals surface area (Å²) in [6, 6.07) is 31.3. The van der Waals surface area contributed by atoms with E-state index in [-0.39, 0.29) is 5.92 Å². The van der Waals surface area contributed by atoms with Crippen LogP contribution in [0.15, 0.2) is 103 Å². The zero-order valence-corrected chi connectivity index (χ0v) is 13.8. The Kier molecular flexibility index (Phi) is 4.34. The molecule has 4 aromatic rings. The Hall–Kier alpha value is -3.26. The van der Waals surface area contributed by atoms with Crippen molar-refractivity contribution in [3.8, 4) is 11.4 Å². The van der Waals surface area contributed by atoms with Crippen LogP contribution in [0.25, 0.3) is 11.4 Å². The summed E-state index contributed by atoms with van der Waals surface area (Å²) in [6.07, 6.45) is 3.67. The van der Waals surface area contributed by atoms with E-state index < -0.39 is 0 Å². The molecule has 0 saturated carbocycles. The number of hydrogen-bond acceptors (Lipinski definition) is 2. The van der Waals surface area contributed by atoms with Crippen LogP contribution >= 0.6 is 0 Å². The van der Waals surface area contributed by atoms with Gasteiger partial charge in [0.15, 0.2) is 0 Å². The van der Waals surface area contributed by atoms with Crippen molar-refractivity contribution in [3.63, 3.8) is 0 Å². The van der Waals surface area contributed by atoms with Crippen molar-refractivity contribution in [3.05, 3.63) is 120 Å². The fourth-order valence-electron chi connectivity index (χ4n) is 3.15. The molecule has 2 nitrogen and oxygen atoms in total. The van der Waals surface area contributed by atoms with E-state index in [1.165, 1.54) is 16.7 Å². The van der Waals surface area contributed by atoms with E-state index in [2.05, 4.69) is 82.8 Å². The Morgan fingerprint density at radius 2 is 1.08 bits per heavy atom. The van der Waals surface area contributed by atoms with Crippen molar-refractivity contribution < 1.29 is 0 Å². The highest BCUT2D eigenvalue weighted by Gasteiger charge is 2.17. The lowest BCUT2D eigenvalue weighted by atomic mass is 9.85. The van der Waals surface area contributed by atoms with Crippen LogP contribution in [0.2, 0.25) is 0 Å². The number of nitrogens with zero attached hydrogens (tertiary/aromatic N) is 2. The topological polar surface area (TPSA) is 25.8 Å². The molecule has 0 amide bonds. The molecule has 2 heteroatoms. The molecule has 0 aliphatic carbocycles. The Morgan fingerprint density at radius 3 is 1.68 bits per heavy atom. The molecule has 0 bridgehead atoms. The molecule has 2 aromatic heterocycles. The fourth-order valence-corrected chi connectivity index (χ4v) is 3.15. The summed E-state index contributed by atoms with van der Waals surface area (Å²) in [5, 5.41) is 0. The van der Waals surface area contributed by atoms with Gasteiger partial charge in [-0.2, -0.15) is 0 Å². The van der Waals surface area contributed by atoms with Crippen LogP contribution in [-0.2, 0) is 0 Å². The minimum absolute atomic E-state index is 0.174. The predicted molar refractivity (Wildman–Crippen MR) is 101 cm³/mol. The SMILES string of the molecule is c1ccc(C(c2ccccc2)c2ccnc(-c3ccccn3)c2)cc1. The average molecular weight is 322 g/mol. The summed E-state index contributed by atoms with van der Waals surface area (Å²) in [4.78, 5) is 8.95. The molecule has 0 N–H and O–H groups in total. The standard InChI is InChI=1S/C23H18N2/c1-3-9-18(10-4-1)23(19-11-5-2-6-12-19)20-14-16-25-22(17-20)21-13-7-8-15-24-21/h1-17,23H. The predicted octanol–water partition coefficient (Wildman–Crippen LogP) is 5.32. The summed E-state index contributed by atoms with van der Waals surface area (Å²) in [7, 11) is 0. The third kappa shape index (κ3) is 3.33. The number of rotatable bonds is 4. The summed E-state index contributed by atoms with van der Waals surface area (Å²) in [6.45, 7) is 0. The first-order valence-electron chi connectivity index (χ1n) is 8.39. The lowest BCUT2D eigenvalue weighted by molar-refractivity contribution is 0.971. The van der Waals surface area contributed by atoms with Gasteiger partial charge in [-0.25, -0.2) is 0 Å². The number of aromatic nitrogens is 2. The highest BCUT2D eigenvalue weighted by atomic mass is 14.8. The van der Waals surface area contributed by atoms with Crippen LogP contribution in [-0.4, -0.2) is 9.97 Å². The number of hydrogen-bond donors (Lipinski definition) is 0. The summed E-state index contributed by atoms with van der Waals surface area (Å²) >= 11 is 0. The molecule has 0 radical (unpaired) electrons. The molecule has 0 spiro atoms. The maximum Gasteiger partial charge on any atom is 0.0889 e. The lowest BCUT2D eigenvalue weighted by Crippen LogP contribution is -2.04. The van der Waals surface area contributed by atoms with E-state index >= 15 is 0 Å². The van der Waals surface area contributed by atoms with E-state index in [0.29, 0.717) is 0 Å². The van der Waals surface area contributed by atoms with Gasteiger partial charge in [0.05, 0.1) is 11.4 Å². The molecule has 0 unspecified atom stereocenters. The summed E-state index contributed by atoms with van der Waals surface area (Å²) < 4.78 is 0. The van der Waals surface area contributed by atoms with Crippen molar-refractivity contribution in [1.82, 2.24) is 9.97 Å². The Labute approximate surface area is 147 Å². The molecule has 2 aromatic carbocycles. The zero-order chi connectivity index (χ0) is 16.9. The zero-order valence-electron chi connectivity index (χ0n) is 13.8. The second kappa shape index (κ2) is 7.10. The molecule has 0 fully saturated rings. The van der Waals surface area contributed by atoms with Gasteiger partial charge in [0.25, 0.3) is 0 Å². The van der Waals surface area contributed by atoms with Crippen molar-refractivity contribution in [2.24, 2.45) is 0 Å². The van der Waals surface area contributed by atoms with E-state index in [1.807, 2.05) is 24.4 Å². The van der Waals surface area contributed by atoms with Crippen LogP contribution in [0.3, 0.4) is 0 Å². The highest BCUT2D eigenvalue weighted by molar-refractivity contribution is 5.56. The smallest absolute Gasteiger partial charge is 0.0889 e. The number of pyridine rings is 2. The van der Waals surface area contributed by atoms with E-state index in [0.717, 1.165) is 11.4 Å². The van der Waals surface area contributed by atoms with Crippen LogP contribution in [0.4, 0.5) is 0 Å². The Morgan fingerprint density at radius 1 is 0.480 bits per heavy atom. The van der Waals surface area contributed by atoms with Crippen LogP contribution in [0.5, 0.6) is 0 Å². The van der Waals surface area contributed by atoms with E-state index in [4.69, 9.17) is 0 Å². The quantitative estimate of drug-likeness (QED) is 0.508. The van der Waals surface area contributed by atoms with Crippen molar-refractivity contribution in [2.75, 3.05) is 0 Å². The maximum atomic E-state index is 4.52.